The summed E-state index contributed by atoms with van der Waals surface area (Å²) < 4.78 is 41.9. The first kappa shape index (κ1) is 22.0. The molecule has 32 heavy (non-hydrogen) atoms. The van der Waals surface area contributed by atoms with Gasteiger partial charge in [-0.1, -0.05) is 54.6 Å². The maximum absolute atomic E-state index is 13.3. The third-order valence-electron chi connectivity index (χ3n) is 5.33. The Balaban J connectivity index is 1.69. The number of amides is 1. The summed E-state index contributed by atoms with van der Waals surface area (Å²) in [5.41, 5.74) is 4.37. The third kappa shape index (κ3) is 3.76. The van der Waals surface area contributed by atoms with Gasteiger partial charge in [0.05, 0.1) is 12.7 Å². The van der Waals surface area contributed by atoms with Crippen molar-refractivity contribution in [3.63, 3.8) is 0 Å². The minimum Gasteiger partial charge on any atom is -0.375 e. The molecule has 6 nitrogen and oxygen atoms in total. The topological polar surface area (TPSA) is 94.0 Å². The van der Waals surface area contributed by atoms with Crippen molar-refractivity contribution in [2.45, 2.75) is 31.7 Å². The number of halogens is 3. The van der Waals surface area contributed by atoms with Crippen molar-refractivity contribution in [2.75, 3.05) is 0 Å². The van der Waals surface area contributed by atoms with Gasteiger partial charge in [-0.2, -0.15) is 13.2 Å². The van der Waals surface area contributed by atoms with E-state index in [1.165, 1.54) is 22.9 Å². The lowest BCUT2D eigenvalue weighted by Gasteiger charge is -2.26. The minimum absolute atomic E-state index is 0.144. The van der Waals surface area contributed by atoms with Crippen molar-refractivity contribution in [1.82, 2.24) is 15.0 Å². The Morgan fingerprint density at radius 1 is 1.19 bits per heavy atom. The highest BCUT2D eigenvalue weighted by Crippen LogP contribution is 2.41. The monoisotopic (exact) mass is 460 g/mol. The molecular weight excluding hydrogens is 441 g/mol. The number of nitrogens with two attached hydrogens (primary N) is 1. The molecule has 0 aliphatic rings. The van der Waals surface area contributed by atoms with Crippen molar-refractivity contribution < 1.29 is 23.1 Å². The quantitative estimate of drug-likeness (QED) is 0.444. The van der Waals surface area contributed by atoms with Crippen molar-refractivity contribution in [1.29, 1.82) is 0 Å². The van der Waals surface area contributed by atoms with E-state index < -0.39 is 29.8 Å². The second kappa shape index (κ2) is 8.03. The average molecular weight is 460 g/mol. The van der Waals surface area contributed by atoms with Crippen LogP contribution in [0.2, 0.25) is 0 Å². The van der Waals surface area contributed by atoms with E-state index in [4.69, 9.17) is 5.73 Å². The van der Waals surface area contributed by atoms with E-state index in [0.717, 1.165) is 33.0 Å². The molecule has 0 fully saturated rings. The van der Waals surface area contributed by atoms with Gasteiger partial charge in [-0.3, -0.25) is 4.79 Å². The third-order valence-corrected chi connectivity index (χ3v) is 6.50. The molecule has 4 rings (SSSR count). The maximum Gasteiger partial charge on any atom is 0.423 e. The molecule has 0 saturated heterocycles. The number of nitrogens with zero attached hydrogens (tertiary/aromatic N) is 3. The van der Waals surface area contributed by atoms with Crippen LogP contribution in [0.5, 0.6) is 0 Å². The summed E-state index contributed by atoms with van der Waals surface area (Å²) in [5.74, 6) is -0.529. The molecule has 0 radical (unpaired) electrons. The zero-order valence-electron chi connectivity index (χ0n) is 16.9. The molecule has 2 aromatic carbocycles. The summed E-state index contributed by atoms with van der Waals surface area (Å²) in [5, 5.41) is 18.2. The van der Waals surface area contributed by atoms with Crippen LogP contribution in [-0.4, -0.2) is 32.2 Å². The molecular formula is C22H19F3N4O2S. The summed E-state index contributed by atoms with van der Waals surface area (Å²) >= 11 is 1.26. The van der Waals surface area contributed by atoms with Crippen molar-refractivity contribution in [3.8, 4) is 11.1 Å². The lowest BCUT2D eigenvalue weighted by molar-refractivity contribution is -0.269. The second-order valence-electron chi connectivity index (χ2n) is 7.38. The van der Waals surface area contributed by atoms with Crippen LogP contribution < -0.4 is 5.73 Å². The lowest BCUT2D eigenvalue weighted by atomic mass is 9.96. The Morgan fingerprint density at radius 2 is 1.91 bits per heavy atom. The maximum atomic E-state index is 13.3. The zero-order chi connectivity index (χ0) is 23.1. The Bertz CT molecular complexity index is 1280. The molecule has 0 unspecified atom stereocenters. The predicted molar refractivity (Wildman–Crippen MR) is 115 cm³/mol. The van der Waals surface area contributed by atoms with Crippen molar-refractivity contribution >= 4 is 27.3 Å². The van der Waals surface area contributed by atoms with Gasteiger partial charge in [0.25, 0.3) is 5.91 Å². The van der Waals surface area contributed by atoms with Crippen LogP contribution in [0.15, 0.2) is 54.7 Å². The van der Waals surface area contributed by atoms with Gasteiger partial charge in [-0.25, -0.2) is 4.68 Å². The van der Waals surface area contributed by atoms with Crippen molar-refractivity contribution in [2.24, 2.45) is 5.73 Å². The number of carbonyl (C=O) groups is 1. The molecule has 1 atom stereocenters. The fourth-order valence-electron chi connectivity index (χ4n) is 3.58. The van der Waals surface area contributed by atoms with Gasteiger partial charge < -0.3 is 10.8 Å². The Hall–Kier alpha value is -3.24. The number of thiophene rings is 1. The molecule has 0 aliphatic heterocycles. The number of hydrogen-bond acceptors (Lipinski definition) is 5. The number of primary amides is 1. The number of benzene rings is 2. The predicted octanol–water partition coefficient (Wildman–Crippen LogP) is 4.47. The largest absolute Gasteiger partial charge is 0.423 e. The molecule has 2 heterocycles. The van der Waals surface area contributed by atoms with Gasteiger partial charge in [-0.05, 0) is 23.6 Å². The van der Waals surface area contributed by atoms with Gasteiger partial charge in [0, 0.05) is 15.6 Å². The van der Waals surface area contributed by atoms with Gasteiger partial charge in [0.2, 0.25) is 5.60 Å². The fourth-order valence-corrected chi connectivity index (χ4v) is 4.72. The fraction of sp³-hybridized carbons (Fsp3) is 0.227. The summed E-state index contributed by atoms with van der Waals surface area (Å²) in [6.45, 7) is 1.38. The van der Waals surface area contributed by atoms with Crippen LogP contribution in [0.4, 0.5) is 13.2 Å². The average Bonchev–Trinajstić information content (AvgIpc) is 3.37. The number of aliphatic hydroxyl groups is 1. The summed E-state index contributed by atoms with van der Waals surface area (Å²) in [7, 11) is 0. The summed E-state index contributed by atoms with van der Waals surface area (Å²) in [4.78, 5) is 12.5. The van der Waals surface area contributed by atoms with E-state index in [0.29, 0.717) is 4.88 Å². The molecule has 0 spiro atoms. The number of aromatic nitrogens is 3. The van der Waals surface area contributed by atoms with E-state index in [1.54, 1.807) is 0 Å². The molecule has 0 aliphatic carbocycles. The number of fused-ring (bicyclic) bond motifs is 1. The molecule has 3 N–H and O–H groups in total. The van der Waals surface area contributed by atoms with Crippen LogP contribution in [0.1, 0.15) is 34.3 Å². The Labute approximate surface area is 185 Å². The molecule has 4 aromatic rings. The molecule has 0 saturated carbocycles. The first-order chi connectivity index (χ1) is 15.1. The minimum atomic E-state index is -4.86. The number of carbonyl (C=O) groups excluding carboxylic acids is 1. The Kier molecular flexibility index (Phi) is 5.51. The zero-order valence-corrected chi connectivity index (χ0v) is 17.7. The van der Waals surface area contributed by atoms with Crippen LogP contribution in [0.25, 0.3) is 21.2 Å². The highest BCUT2D eigenvalue weighted by Gasteiger charge is 2.55. The summed E-state index contributed by atoms with van der Waals surface area (Å²) in [6, 6.07) is 14.9. The number of rotatable bonds is 6. The molecule has 166 valence electrons. The number of alkyl halides is 3. The van der Waals surface area contributed by atoms with E-state index in [9.17, 15) is 23.1 Å². The normalized spacial score (nSPS) is 13.9. The Morgan fingerprint density at radius 3 is 2.53 bits per heavy atom. The van der Waals surface area contributed by atoms with Gasteiger partial charge >= 0.3 is 6.18 Å². The standard InChI is InChI=1S/C22H19F3N4O2S/c1-2-21(31,22(23,24)25)17-12-29(28-27-17)11-13-8-9-15-16(10-13)32-19(20(26)30)18(15)14-6-4-3-5-7-14/h3-10,12,31H,2,11H2,1H3,(H2,26,30)/t21-/m0/s1. The van der Waals surface area contributed by atoms with E-state index in [-0.39, 0.29) is 6.54 Å². The van der Waals surface area contributed by atoms with E-state index in [2.05, 4.69) is 10.3 Å². The lowest BCUT2D eigenvalue weighted by Crippen LogP contribution is -2.42. The highest BCUT2D eigenvalue weighted by molar-refractivity contribution is 7.21. The second-order valence-corrected chi connectivity index (χ2v) is 8.43. The molecule has 10 heteroatoms. The van der Waals surface area contributed by atoms with Gasteiger partial charge in [-0.15, -0.1) is 16.4 Å². The molecule has 1 amide bonds. The van der Waals surface area contributed by atoms with Crippen LogP contribution >= 0.6 is 11.3 Å². The SMILES string of the molecule is CC[C@](O)(c1cn(Cc2ccc3c(-c4ccccc4)c(C(N)=O)sc3c2)nn1)C(F)(F)F. The van der Waals surface area contributed by atoms with Crippen LogP contribution in [-0.2, 0) is 12.1 Å². The van der Waals surface area contributed by atoms with Gasteiger partial charge in [0.15, 0.2) is 0 Å². The number of hydrogen-bond donors (Lipinski definition) is 2. The molecule has 2 aromatic heterocycles. The molecule has 0 bridgehead atoms. The van der Waals surface area contributed by atoms with Crippen LogP contribution in [0, 0.1) is 0 Å². The van der Waals surface area contributed by atoms with Crippen LogP contribution in [0.3, 0.4) is 0 Å². The van der Waals surface area contributed by atoms with E-state index >= 15 is 0 Å². The smallest absolute Gasteiger partial charge is 0.375 e. The van der Waals surface area contributed by atoms with Crippen molar-refractivity contribution in [3.05, 3.63) is 70.9 Å². The first-order valence-corrected chi connectivity index (χ1v) is 10.6. The first-order valence-electron chi connectivity index (χ1n) is 9.74. The van der Waals surface area contributed by atoms with E-state index in [1.807, 2.05) is 48.5 Å². The van der Waals surface area contributed by atoms with Gasteiger partial charge in [0.1, 0.15) is 10.6 Å². The highest BCUT2D eigenvalue weighted by atomic mass is 32.1. The summed E-state index contributed by atoms with van der Waals surface area (Å²) in [6.07, 6.45) is -4.34.